The Morgan fingerprint density at radius 3 is 1.52 bits per heavy atom. The Labute approximate surface area is 322 Å². The molecular weight excluding hydrogens is 679 g/mol. The third-order valence-electron chi connectivity index (χ3n) is 11.6. The first-order valence-electron chi connectivity index (χ1n) is 19.1. The average Bonchev–Trinajstić information content (AvgIpc) is 3.27. The summed E-state index contributed by atoms with van der Waals surface area (Å²) in [5.41, 5.74) is 8.06. The van der Waals surface area contributed by atoms with Crippen LogP contribution in [0, 0.1) is 0 Å². The van der Waals surface area contributed by atoms with Crippen molar-refractivity contribution in [3.63, 3.8) is 0 Å². The number of nitrogens with zero attached hydrogens (tertiary/aromatic N) is 3. The van der Waals surface area contributed by atoms with Crippen LogP contribution in [0.3, 0.4) is 0 Å². The minimum absolute atomic E-state index is 0.697. The Hall–Kier alpha value is -7.49. The molecule has 56 heavy (non-hydrogen) atoms. The van der Waals surface area contributed by atoms with Crippen molar-refractivity contribution < 1.29 is 0 Å². The molecule has 10 aromatic carbocycles. The predicted octanol–water partition coefficient (Wildman–Crippen LogP) is 14.0. The van der Waals surface area contributed by atoms with Gasteiger partial charge in [0.2, 0.25) is 0 Å². The molecule has 2 heterocycles. The van der Waals surface area contributed by atoms with Crippen LogP contribution >= 0.6 is 0 Å². The van der Waals surface area contributed by atoms with Gasteiger partial charge in [-0.2, -0.15) is 0 Å². The fraction of sp³-hybridized carbons (Fsp3) is 0. The number of benzene rings is 9. The standard InChI is InChI=1S/C53H31N3/c1-2-9-35(10-3-1)53-55-47(31-48(56-53)39-24-25-46-37(28-39)16-8-26-54-46)38-15-4-14-36(27-38)41-29-40-23-22-34-12-6-18-43-42-17-5-11-32-20-21-33-13-7-19-44(51(33)49(32)42)45(30-41)52(40)50(34)43/h1-31H. The van der Waals surface area contributed by atoms with Gasteiger partial charge in [-0.05, 0) is 118 Å². The highest BCUT2D eigenvalue weighted by Gasteiger charge is 2.17. The molecule has 0 bridgehead atoms. The third kappa shape index (κ3) is 4.74. The largest absolute Gasteiger partial charge is 0.256 e. The molecule has 0 atom stereocenters. The van der Waals surface area contributed by atoms with E-state index in [1.165, 1.54) is 70.2 Å². The second-order valence-corrected chi connectivity index (χ2v) is 14.8. The van der Waals surface area contributed by atoms with Crippen LogP contribution in [-0.4, -0.2) is 15.0 Å². The van der Waals surface area contributed by atoms with E-state index < -0.39 is 0 Å². The summed E-state index contributed by atoms with van der Waals surface area (Å²) in [5, 5.41) is 16.4. The van der Waals surface area contributed by atoms with Crippen molar-refractivity contribution in [3.8, 4) is 45.0 Å². The highest BCUT2D eigenvalue weighted by atomic mass is 14.9. The van der Waals surface area contributed by atoms with Crippen LogP contribution in [0.15, 0.2) is 188 Å². The molecule has 258 valence electrons. The van der Waals surface area contributed by atoms with E-state index >= 15 is 0 Å². The lowest BCUT2D eigenvalue weighted by molar-refractivity contribution is 1.18. The maximum Gasteiger partial charge on any atom is 0.160 e. The van der Waals surface area contributed by atoms with Gasteiger partial charge in [0.1, 0.15) is 0 Å². The molecular formula is C53H31N3. The molecule has 0 spiro atoms. The van der Waals surface area contributed by atoms with E-state index in [1.54, 1.807) is 0 Å². The zero-order valence-corrected chi connectivity index (χ0v) is 30.2. The van der Waals surface area contributed by atoms with Crippen molar-refractivity contribution in [1.82, 2.24) is 15.0 Å². The fourth-order valence-electron chi connectivity index (χ4n) is 9.00. The molecule has 0 aliphatic carbocycles. The molecule has 0 saturated heterocycles. The zero-order valence-electron chi connectivity index (χ0n) is 30.2. The Morgan fingerprint density at radius 2 is 0.821 bits per heavy atom. The molecule has 0 radical (unpaired) electrons. The summed E-state index contributed by atoms with van der Waals surface area (Å²) >= 11 is 0. The lowest BCUT2D eigenvalue weighted by Gasteiger charge is -2.17. The molecule has 0 N–H and O–H groups in total. The molecule has 3 nitrogen and oxygen atoms in total. The second kappa shape index (κ2) is 12.0. The van der Waals surface area contributed by atoms with E-state index in [9.17, 15) is 0 Å². The van der Waals surface area contributed by atoms with Gasteiger partial charge >= 0.3 is 0 Å². The summed E-state index contributed by atoms with van der Waals surface area (Å²) in [6, 6.07) is 65.8. The normalized spacial score (nSPS) is 11.9. The van der Waals surface area contributed by atoms with Crippen molar-refractivity contribution in [2.24, 2.45) is 0 Å². The van der Waals surface area contributed by atoms with Crippen molar-refractivity contribution >= 4 is 75.5 Å². The molecule has 0 aliphatic heterocycles. The van der Waals surface area contributed by atoms with E-state index in [0.29, 0.717) is 5.82 Å². The number of hydrogen-bond acceptors (Lipinski definition) is 3. The van der Waals surface area contributed by atoms with E-state index in [2.05, 4.69) is 163 Å². The highest BCUT2D eigenvalue weighted by Crippen LogP contribution is 2.44. The minimum atomic E-state index is 0.697. The van der Waals surface area contributed by atoms with E-state index in [0.717, 1.165) is 44.5 Å². The molecule has 0 amide bonds. The number of fused-ring (bicyclic) bond motifs is 3. The van der Waals surface area contributed by atoms with Crippen molar-refractivity contribution in [2.45, 2.75) is 0 Å². The topological polar surface area (TPSA) is 38.7 Å². The number of hydrogen-bond donors (Lipinski definition) is 0. The van der Waals surface area contributed by atoms with Crippen LogP contribution in [-0.2, 0) is 0 Å². The van der Waals surface area contributed by atoms with Gasteiger partial charge in [-0.25, -0.2) is 9.97 Å². The van der Waals surface area contributed by atoms with Crippen LogP contribution in [0.4, 0.5) is 0 Å². The predicted molar refractivity (Wildman–Crippen MR) is 235 cm³/mol. The monoisotopic (exact) mass is 709 g/mol. The molecule has 0 aliphatic rings. The quantitative estimate of drug-likeness (QED) is 0.171. The van der Waals surface area contributed by atoms with Crippen LogP contribution in [0.25, 0.3) is 121 Å². The SMILES string of the molecule is c1ccc(-c2nc(-c3cccc(-c4cc5ccc6cccc7c8cccc9ccc%10cccc(c(c4)c5c67)c%10c98)c3)cc(-c3ccc4ncccc4c3)n2)cc1. The Kier molecular flexibility index (Phi) is 6.63. The van der Waals surface area contributed by atoms with Crippen LogP contribution in [0.2, 0.25) is 0 Å². The summed E-state index contributed by atoms with van der Waals surface area (Å²) in [6.07, 6.45) is 1.83. The second-order valence-electron chi connectivity index (χ2n) is 14.8. The van der Waals surface area contributed by atoms with Crippen molar-refractivity contribution in [1.29, 1.82) is 0 Å². The third-order valence-corrected chi connectivity index (χ3v) is 11.6. The van der Waals surface area contributed by atoms with Gasteiger partial charge in [0.05, 0.1) is 16.9 Å². The summed E-state index contributed by atoms with van der Waals surface area (Å²) in [4.78, 5) is 14.8. The number of aromatic nitrogens is 3. The lowest BCUT2D eigenvalue weighted by Crippen LogP contribution is -1.96. The maximum absolute atomic E-state index is 5.19. The first kappa shape index (κ1) is 30.9. The zero-order chi connectivity index (χ0) is 36.7. The van der Waals surface area contributed by atoms with Crippen molar-refractivity contribution in [2.75, 3.05) is 0 Å². The molecule has 3 heteroatoms. The molecule has 2 aromatic heterocycles. The molecule has 0 unspecified atom stereocenters. The van der Waals surface area contributed by atoms with Crippen LogP contribution in [0.1, 0.15) is 0 Å². The Bertz CT molecular complexity index is 3530. The first-order valence-corrected chi connectivity index (χ1v) is 19.1. The Morgan fingerprint density at radius 1 is 0.286 bits per heavy atom. The summed E-state index contributed by atoms with van der Waals surface area (Å²) in [7, 11) is 0. The van der Waals surface area contributed by atoms with Gasteiger partial charge < -0.3 is 0 Å². The molecule has 0 fully saturated rings. The summed E-state index contributed by atoms with van der Waals surface area (Å²) in [6.45, 7) is 0. The van der Waals surface area contributed by atoms with Crippen LogP contribution in [0.5, 0.6) is 0 Å². The smallest absolute Gasteiger partial charge is 0.160 e. The molecule has 12 aromatic rings. The summed E-state index contributed by atoms with van der Waals surface area (Å²) in [5.74, 6) is 0.697. The summed E-state index contributed by atoms with van der Waals surface area (Å²) < 4.78 is 0. The Balaban J connectivity index is 1.11. The number of rotatable bonds is 4. The van der Waals surface area contributed by atoms with Crippen molar-refractivity contribution in [3.05, 3.63) is 188 Å². The van der Waals surface area contributed by atoms with Gasteiger partial charge in [0, 0.05) is 28.3 Å². The van der Waals surface area contributed by atoms with Gasteiger partial charge in [0.15, 0.2) is 5.82 Å². The van der Waals surface area contributed by atoms with E-state index in [-0.39, 0.29) is 0 Å². The average molecular weight is 710 g/mol. The lowest BCUT2D eigenvalue weighted by atomic mass is 9.86. The van der Waals surface area contributed by atoms with Gasteiger partial charge in [-0.1, -0.05) is 140 Å². The molecule has 12 rings (SSSR count). The highest BCUT2D eigenvalue weighted by molar-refractivity contribution is 6.37. The minimum Gasteiger partial charge on any atom is -0.256 e. The maximum atomic E-state index is 5.19. The van der Waals surface area contributed by atoms with Gasteiger partial charge in [-0.3, -0.25) is 4.98 Å². The first-order chi connectivity index (χ1) is 27.7. The van der Waals surface area contributed by atoms with Gasteiger partial charge in [-0.15, -0.1) is 0 Å². The van der Waals surface area contributed by atoms with E-state index in [4.69, 9.17) is 9.97 Å². The van der Waals surface area contributed by atoms with Gasteiger partial charge in [0.25, 0.3) is 0 Å². The van der Waals surface area contributed by atoms with E-state index in [1.807, 2.05) is 30.5 Å². The number of pyridine rings is 1. The van der Waals surface area contributed by atoms with Crippen LogP contribution < -0.4 is 0 Å². The molecule has 0 saturated carbocycles. The fourth-order valence-corrected chi connectivity index (χ4v) is 9.00.